The van der Waals surface area contributed by atoms with Crippen molar-refractivity contribution < 1.29 is 14.6 Å². The number of rotatable bonds is 3. The monoisotopic (exact) mass is 352 g/mol. The third-order valence-electron chi connectivity index (χ3n) is 6.36. The summed E-state index contributed by atoms with van der Waals surface area (Å²) in [7, 11) is 0. The Morgan fingerprint density at radius 3 is 2.88 bits per heavy atom. The molecule has 2 fully saturated rings. The molecule has 3 heterocycles. The van der Waals surface area contributed by atoms with Gasteiger partial charge in [-0.2, -0.15) is 0 Å². The molecule has 1 saturated carbocycles. The molecule has 26 heavy (non-hydrogen) atoms. The fraction of sp³-hybridized carbons (Fsp3) is 0.476. The quantitative estimate of drug-likeness (QED) is 0.921. The highest BCUT2D eigenvalue weighted by atomic mass is 16.7. The second-order valence-corrected chi connectivity index (χ2v) is 7.87. The number of aliphatic hydroxyl groups is 1. The van der Waals surface area contributed by atoms with Crippen LogP contribution in [0.5, 0.6) is 11.5 Å². The molecule has 1 aromatic carbocycles. The fourth-order valence-corrected chi connectivity index (χ4v) is 4.95. The van der Waals surface area contributed by atoms with Gasteiger partial charge in [-0.1, -0.05) is 6.07 Å². The van der Waals surface area contributed by atoms with Crippen LogP contribution in [0.2, 0.25) is 0 Å². The third-order valence-corrected chi connectivity index (χ3v) is 6.36. The lowest BCUT2D eigenvalue weighted by Gasteiger charge is -2.29. The summed E-state index contributed by atoms with van der Waals surface area (Å²) in [5, 5.41) is 11.4. The average molecular weight is 352 g/mol. The zero-order chi connectivity index (χ0) is 17.7. The Kier molecular flexibility index (Phi) is 3.69. The summed E-state index contributed by atoms with van der Waals surface area (Å²) in [4.78, 5) is 6.92. The Hall–Kier alpha value is -2.11. The maximum Gasteiger partial charge on any atom is 0.231 e. The van der Waals surface area contributed by atoms with Gasteiger partial charge in [-0.15, -0.1) is 0 Å². The Balaban J connectivity index is 1.35. The summed E-state index contributed by atoms with van der Waals surface area (Å²) in [6, 6.07) is 10.0. The predicted octanol–water partition coefficient (Wildman–Crippen LogP) is 2.85. The molecule has 5 nitrogen and oxygen atoms in total. The van der Waals surface area contributed by atoms with Crippen LogP contribution in [-0.2, 0) is 12.1 Å². The highest BCUT2D eigenvalue weighted by Crippen LogP contribution is 2.50. The van der Waals surface area contributed by atoms with E-state index < -0.39 is 5.60 Å². The maximum absolute atomic E-state index is 11.4. The molecule has 1 aliphatic carbocycles. The number of likely N-dealkylation sites (tertiary alicyclic amines) is 1. The summed E-state index contributed by atoms with van der Waals surface area (Å²) in [5.41, 5.74) is 2.54. The van der Waals surface area contributed by atoms with Crippen LogP contribution < -0.4 is 9.47 Å². The van der Waals surface area contributed by atoms with Gasteiger partial charge in [0.05, 0.1) is 5.69 Å². The van der Waals surface area contributed by atoms with E-state index >= 15 is 0 Å². The molecule has 0 unspecified atom stereocenters. The molecule has 3 atom stereocenters. The van der Waals surface area contributed by atoms with Gasteiger partial charge >= 0.3 is 0 Å². The van der Waals surface area contributed by atoms with Gasteiger partial charge in [0.25, 0.3) is 0 Å². The van der Waals surface area contributed by atoms with Gasteiger partial charge in [-0.25, -0.2) is 0 Å². The number of aromatic nitrogens is 1. The van der Waals surface area contributed by atoms with E-state index in [0.29, 0.717) is 12.7 Å². The van der Waals surface area contributed by atoms with E-state index in [1.807, 2.05) is 18.2 Å². The van der Waals surface area contributed by atoms with Crippen molar-refractivity contribution in [1.29, 1.82) is 0 Å². The van der Waals surface area contributed by atoms with Gasteiger partial charge in [0.1, 0.15) is 5.60 Å². The van der Waals surface area contributed by atoms with E-state index in [0.717, 1.165) is 49.7 Å². The molecule has 1 N–H and O–H groups in total. The Morgan fingerprint density at radius 1 is 1.23 bits per heavy atom. The third kappa shape index (κ3) is 2.49. The number of pyridine rings is 1. The first-order chi connectivity index (χ1) is 12.6. The highest BCUT2D eigenvalue weighted by Gasteiger charge is 2.53. The van der Waals surface area contributed by atoms with Crippen molar-refractivity contribution >= 4 is 0 Å². The number of hydrogen-bond donors (Lipinski definition) is 1. The molecule has 0 bridgehead atoms. The predicted molar refractivity (Wildman–Crippen MR) is 96.9 cm³/mol. The van der Waals surface area contributed by atoms with Crippen LogP contribution in [0.25, 0.3) is 0 Å². The molecule has 2 aliphatic heterocycles. The van der Waals surface area contributed by atoms with Crippen LogP contribution in [0.15, 0.2) is 36.5 Å². The number of benzene rings is 1. The standard InChI is InChI=1S/C21H24N2O3/c1-14-8-18-19(26-13-25-18)9-16(14)11-23-10-15-5-6-21(24,17(15)12-23)20-4-2-3-7-22-20/h2-4,7-9,15,17,24H,5-6,10-13H2,1H3/t15-,17+,21-/m0/s1. The minimum Gasteiger partial charge on any atom is -0.454 e. The van der Waals surface area contributed by atoms with Crippen molar-refractivity contribution in [1.82, 2.24) is 9.88 Å². The first-order valence-electron chi connectivity index (χ1n) is 9.39. The second-order valence-electron chi connectivity index (χ2n) is 7.87. The van der Waals surface area contributed by atoms with Crippen LogP contribution in [0.1, 0.15) is 29.7 Å². The molecule has 2 aromatic rings. The van der Waals surface area contributed by atoms with Crippen LogP contribution in [0, 0.1) is 18.8 Å². The van der Waals surface area contributed by atoms with Gasteiger partial charge in [0.2, 0.25) is 6.79 Å². The smallest absolute Gasteiger partial charge is 0.231 e. The SMILES string of the molecule is Cc1cc2c(cc1CN1C[C@@H]3CC[C@@](O)(c4ccccn4)[C@@H]3C1)OCO2. The first-order valence-corrected chi connectivity index (χ1v) is 9.39. The van der Waals surface area contributed by atoms with E-state index in [-0.39, 0.29) is 5.92 Å². The molecule has 1 saturated heterocycles. The van der Waals surface area contributed by atoms with E-state index in [1.54, 1.807) is 6.20 Å². The van der Waals surface area contributed by atoms with Gasteiger partial charge in [-0.05, 0) is 61.1 Å². The van der Waals surface area contributed by atoms with Crippen molar-refractivity contribution in [2.24, 2.45) is 11.8 Å². The van der Waals surface area contributed by atoms with Crippen molar-refractivity contribution in [3.05, 3.63) is 53.3 Å². The zero-order valence-corrected chi connectivity index (χ0v) is 15.0. The highest BCUT2D eigenvalue weighted by molar-refractivity contribution is 5.48. The summed E-state index contributed by atoms with van der Waals surface area (Å²) in [6.07, 6.45) is 3.66. The minimum atomic E-state index is -0.787. The summed E-state index contributed by atoms with van der Waals surface area (Å²) >= 11 is 0. The molecule has 5 heteroatoms. The normalized spacial score (nSPS) is 29.9. The summed E-state index contributed by atoms with van der Waals surface area (Å²) in [6.45, 7) is 5.26. The molecule has 0 radical (unpaired) electrons. The minimum absolute atomic E-state index is 0.256. The van der Waals surface area contributed by atoms with E-state index in [1.165, 1.54) is 11.1 Å². The van der Waals surface area contributed by atoms with Crippen LogP contribution in [-0.4, -0.2) is 34.9 Å². The molecule has 1 aromatic heterocycles. The van der Waals surface area contributed by atoms with Crippen molar-refractivity contribution in [3.63, 3.8) is 0 Å². The van der Waals surface area contributed by atoms with E-state index in [4.69, 9.17) is 9.47 Å². The van der Waals surface area contributed by atoms with Crippen LogP contribution >= 0.6 is 0 Å². The van der Waals surface area contributed by atoms with Crippen molar-refractivity contribution in [2.75, 3.05) is 19.9 Å². The zero-order valence-electron chi connectivity index (χ0n) is 15.0. The van der Waals surface area contributed by atoms with Crippen molar-refractivity contribution in [3.8, 4) is 11.5 Å². The first kappa shape index (κ1) is 16.1. The van der Waals surface area contributed by atoms with E-state index in [2.05, 4.69) is 28.9 Å². The Labute approximate surface area is 153 Å². The maximum atomic E-state index is 11.4. The number of aryl methyl sites for hydroxylation is 1. The van der Waals surface area contributed by atoms with Gasteiger partial charge in [0.15, 0.2) is 11.5 Å². The topological polar surface area (TPSA) is 54.8 Å². The van der Waals surface area contributed by atoms with Crippen LogP contribution in [0.3, 0.4) is 0 Å². The lowest BCUT2D eigenvalue weighted by Crippen LogP contribution is -2.35. The molecule has 3 aliphatic rings. The fourth-order valence-electron chi connectivity index (χ4n) is 4.95. The summed E-state index contributed by atoms with van der Waals surface area (Å²) in [5.74, 6) is 2.48. The van der Waals surface area contributed by atoms with E-state index in [9.17, 15) is 5.11 Å². The molecular weight excluding hydrogens is 328 g/mol. The number of nitrogens with zero attached hydrogens (tertiary/aromatic N) is 2. The lowest BCUT2D eigenvalue weighted by atomic mass is 9.85. The Bertz CT molecular complexity index is 826. The molecule has 136 valence electrons. The second kappa shape index (κ2) is 5.96. The Morgan fingerprint density at radius 2 is 2.08 bits per heavy atom. The lowest BCUT2D eigenvalue weighted by molar-refractivity contribution is -0.0108. The average Bonchev–Trinajstić information content (AvgIpc) is 3.34. The van der Waals surface area contributed by atoms with Gasteiger partial charge in [0, 0.05) is 31.7 Å². The van der Waals surface area contributed by atoms with Crippen LogP contribution in [0.4, 0.5) is 0 Å². The van der Waals surface area contributed by atoms with Gasteiger partial charge in [-0.3, -0.25) is 9.88 Å². The largest absolute Gasteiger partial charge is 0.454 e. The van der Waals surface area contributed by atoms with Gasteiger partial charge < -0.3 is 14.6 Å². The molecule has 5 rings (SSSR count). The number of fused-ring (bicyclic) bond motifs is 2. The molecule has 0 amide bonds. The van der Waals surface area contributed by atoms with Crippen molar-refractivity contribution in [2.45, 2.75) is 31.9 Å². The summed E-state index contributed by atoms with van der Waals surface area (Å²) < 4.78 is 11.0. The number of hydrogen-bond acceptors (Lipinski definition) is 5. The number of ether oxygens (including phenoxy) is 2. The molecular formula is C21H24N2O3. The molecule has 0 spiro atoms.